The van der Waals surface area contributed by atoms with Gasteiger partial charge in [-0.3, -0.25) is 9.89 Å². The van der Waals surface area contributed by atoms with Crippen molar-refractivity contribution in [2.24, 2.45) is 10.2 Å². The minimum atomic E-state index is -0.508. The molecule has 158 valence electrons. The molecule has 0 bridgehead atoms. The fourth-order valence-corrected chi connectivity index (χ4v) is 3.28. The van der Waals surface area contributed by atoms with Gasteiger partial charge in [0.15, 0.2) is 11.6 Å². The second kappa shape index (κ2) is 8.57. The summed E-state index contributed by atoms with van der Waals surface area (Å²) in [4.78, 5) is 13.0. The van der Waals surface area contributed by atoms with E-state index in [1.54, 1.807) is 37.4 Å². The van der Waals surface area contributed by atoms with Gasteiger partial charge < -0.3 is 15.2 Å². The highest BCUT2D eigenvalue weighted by molar-refractivity contribution is 6.12. The van der Waals surface area contributed by atoms with Crippen LogP contribution in [0.4, 0.5) is 17.2 Å². The maximum absolute atomic E-state index is 13.0. The molecule has 0 aliphatic heterocycles. The molecule has 1 aromatic heterocycles. The fourth-order valence-electron chi connectivity index (χ4n) is 3.28. The highest BCUT2D eigenvalue weighted by Crippen LogP contribution is 2.41. The van der Waals surface area contributed by atoms with Crippen LogP contribution in [0.5, 0.6) is 11.5 Å². The van der Waals surface area contributed by atoms with Crippen molar-refractivity contribution < 1.29 is 14.6 Å². The van der Waals surface area contributed by atoms with Crippen molar-refractivity contribution in [3.8, 4) is 17.6 Å². The fraction of sp³-hybridized carbons (Fsp3) is 0.0870. The number of aromatic hydroxyl groups is 1. The molecule has 0 unspecified atom stereocenters. The summed E-state index contributed by atoms with van der Waals surface area (Å²) in [7, 11) is 1.56. The number of amides is 1. The second-order valence-electron chi connectivity index (χ2n) is 6.92. The number of nitriles is 1. The number of aryl methyl sites for hydroxylation is 1. The Hall–Kier alpha value is -4.71. The Balaban J connectivity index is 1.79. The lowest BCUT2D eigenvalue weighted by atomic mass is 9.99. The van der Waals surface area contributed by atoms with Gasteiger partial charge in [0.05, 0.1) is 18.9 Å². The summed E-state index contributed by atoms with van der Waals surface area (Å²) in [6, 6.07) is 15.9. The van der Waals surface area contributed by atoms with E-state index in [-0.39, 0.29) is 28.4 Å². The van der Waals surface area contributed by atoms with E-state index in [1.165, 1.54) is 6.20 Å². The summed E-state index contributed by atoms with van der Waals surface area (Å²) in [6.45, 7) is 1.87. The van der Waals surface area contributed by atoms with Crippen molar-refractivity contribution >= 4 is 33.9 Å². The molecule has 9 heteroatoms. The molecular weight excluding hydrogens is 408 g/mol. The Morgan fingerprint density at radius 3 is 2.72 bits per heavy atom. The molecule has 1 heterocycles. The summed E-state index contributed by atoms with van der Waals surface area (Å²) in [6.07, 6.45) is 1.33. The van der Waals surface area contributed by atoms with E-state index in [2.05, 4.69) is 25.7 Å². The normalized spacial score (nSPS) is 10.9. The molecule has 4 rings (SSSR count). The van der Waals surface area contributed by atoms with Crippen LogP contribution < -0.4 is 10.1 Å². The number of anilines is 1. The summed E-state index contributed by atoms with van der Waals surface area (Å²) in [5, 5.41) is 38.8. The number of nitrogens with one attached hydrogen (secondary N) is 2. The number of rotatable bonds is 5. The van der Waals surface area contributed by atoms with Gasteiger partial charge in [-0.2, -0.15) is 10.4 Å². The van der Waals surface area contributed by atoms with E-state index < -0.39 is 5.91 Å². The topological polar surface area (TPSA) is 136 Å². The Labute approximate surface area is 183 Å². The van der Waals surface area contributed by atoms with Crippen LogP contribution in [-0.2, 0) is 0 Å². The van der Waals surface area contributed by atoms with Crippen molar-refractivity contribution in [3.63, 3.8) is 0 Å². The second-order valence-corrected chi connectivity index (χ2v) is 6.92. The summed E-state index contributed by atoms with van der Waals surface area (Å²) >= 11 is 0. The van der Waals surface area contributed by atoms with Crippen molar-refractivity contribution in [2.45, 2.75) is 6.92 Å². The van der Waals surface area contributed by atoms with E-state index in [1.807, 2.05) is 31.2 Å². The Bertz CT molecular complexity index is 1380. The molecule has 0 saturated carbocycles. The third-order valence-corrected chi connectivity index (χ3v) is 4.90. The highest BCUT2D eigenvalue weighted by atomic mass is 16.5. The van der Waals surface area contributed by atoms with Gasteiger partial charge in [-0.1, -0.05) is 18.2 Å². The van der Waals surface area contributed by atoms with Crippen LogP contribution in [0.25, 0.3) is 10.8 Å². The zero-order valence-corrected chi connectivity index (χ0v) is 17.2. The lowest BCUT2D eigenvalue weighted by Gasteiger charge is -2.12. The predicted molar refractivity (Wildman–Crippen MR) is 119 cm³/mol. The number of H-pyrrole nitrogens is 1. The molecule has 0 spiro atoms. The first kappa shape index (κ1) is 20.6. The Morgan fingerprint density at radius 2 is 2.00 bits per heavy atom. The first-order valence-corrected chi connectivity index (χ1v) is 9.57. The van der Waals surface area contributed by atoms with E-state index in [0.717, 1.165) is 5.56 Å². The van der Waals surface area contributed by atoms with Crippen molar-refractivity contribution in [2.75, 3.05) is 12.4 Å². The maximum Gasteiger partial charge on any atom is 0.259 e. The zero-order chi connectivity index (χ0) is 22.7. The van der Waals surface area contributed by atoms with Gasteiger partial charge >= 0.3 is 0 Å². The lowest BCUT2D eigenvalue weighted by Crippen LogP contribution is -2.12. The number of phenols is 1. The molecule has 4 aromatic rings. The number of nitrogens with zero attached hydrogens (tertiary/aromatic N) is 4. The smallest absolute Gasteiger partial charge is 0.259 e. The Kier molecular flexibility index (Phi) is 5.51. The molecule has 32 heavy (non-hydrogen) atoms. The van der Waals surface area contributed by atoms with E-state index in [0.29, 0.717) is 22.2 Å². The average Bonchev–Trinajstić information content (AvgIpc) is 3.26. The molecule has 0 fully saturated rings. The minimum Gasteiger partial charge on any atom is -0.505 e. The van der Waals surface area contributed by atoms with Crippen molar-refractivity contribution in [1.82, 2.24) is 10.2 Å². The van der Waals surface area contributed by atoms with Crippen LogP contribution in [0.3, 0.4) is 0 Å². The number of phenolic OH excluding ortho intramolecular Hbond substituents is 1. The molecule has 0 saturated heterocycles. The SMILES string of the molecule is COc1ccc(NC(=O)c2cc3cccc(C)c3c(/N=N/c3[nH]ncc3C#N)c2O)cc1. The number of azo groups is 1. The van der Waals surface area contributed by atoms with E-state index in [9.17, 15) is 9.90 Å². The monoisotopic (exact) mass is 426 g/mol. The summed E-state index contributed by atoms with van der Waals surface area (Å²) < 4.78 is 5.12. The van der Waals surface area contributed by atoms with Gasteiger partial charge in [-0.05, 0) is 48.2 Å². The Morgan fingerprint density at radius 1 is 1.22 bits per heavy atom. The van der Waals surface area contributed by atoms with Gasteiger partial charge in [0.2, 0.25) is 0 Å². The van der Waals surface area contributed by atoms with Gasteiger partial charge in [0.25, 0.3) is 5.91 Å². The lowest BCUT2D eigenvalue weighted by molar-refractivity contribution is 0.102. The number of ether oxygens (including phenoxy) is 1. The summed E-state index contributed by atoms with van der Waals surface area (Å²) in [5.41, 5.74) is 1.76. The number of hydrogen-bond donors (Lipinski definition) is 3. The number of benzene rings is 3. The van der Waals surface area contributed by atoms with Gasteiger partial charge in [0.1, 0.15) is 23.1 Å². The third-order valence-electron chi connectivity index (χ3n) is 4.90. The molecule has 0 atom stereocenters. The number of carbonyl (C=O) groups excluding carboxylic acids is 1. The number of hydrogen-bond acceptors (Lipinski definition) is 7. The molecule has 3 N–H and O–H groups in total. The van der Waals surface area contributed by atoms with Crippen LogP contribution in [0.1, 0.15) is 21.5 Å². The average molecular weight is 426 g/mol. The molecule has 0 aliphatic carbocycles. The van der Waals surface area contributed by atoms with Crippen molar-refractivity contribution in [1.29, 1.82) is 5.26 Å². The van der Waals surface area contributed by atoms with Gasteiger partial charge in [0, 0.05) is 11.1 Å². The van der Waals surface area contributed by atoms with Crippen LogP contribution in [0, 0.1) is 18.3 Å². The molecule has 1 amide bonds. The largest absolute Gasteiger partial charge is 0.505 e. The molecule has 9 nitrogen and oxygen atoms in total. The number of fused-ring (bicyclic) bond motifs is 1. The number of aromatic amines is 1. The molecular formula is C23H18N6O3. The number of aromatic nitrogens is 2. The van der Waals surface area contributed by atoms with Gasteiger partial charge in [-0.25, -0.2) is 0 Å². The first-order valence-electron chi connectivity index (χ1n) is 9.57. The van der Waals surface area contributed by atoms with Crippen LogP contribution >= 0.6 is 0 Å². The standard InChI is InChI=1S/C23H18N6O3/c1-13-4-3-5-14-10-18(23(31)26-16-6-8-17(32-2)9-7-16)21(30)20(19(13)14)27-29-22-15(11-24)12-25-28-22/h3-10,12,30H,1-2H3,(H,25,28)(H,26,31)/b29-27+. The highest BCUT2D eigenvalue weighted by Gasteiger charge is 2.20. The maximum atomic E-state index is 13.0. The third kappa shape index (κ3) is 3.85. The van der Waals surface area contributed by atoms with Crippen LogP contribution in [0.15, 0.2) is 65.0 Å². The summed E-state index contributed by atoms with van der Waals surface area (Å²) in [5.74, 6) is -0.0154. The van der Waals surface area contributed by atoms with E-state index >= 15 is 0 Å². The van der Waals surface area contributed by atoms with Gasteiger partial charge in [-0.15, -0.1) is 10.2 Å². The quantitative estimate of drug-likeness (QED) is 0.380. The predicted octanol–water partition coefficient (Wildman–Crippen LogP) is 5.12. The molecule has 0 radical (unpaired) electrons. The number of carbonyl (C=O) groups is 1. The van der Waals surface area contributed by atoms with E-state index in [4.69, 9.17) is 10.00 Å². The van der Waals surface area contributed by atoms with Crippen LogP contribution in [0.2, 0.25) is 0 Å². The van der Waals surface area contributed by atoms with Crippen LogP contribution in [-0.4, -0.2) is 28.3 Å². The number of methoxy groups -OCH3 is 1. The zero-order valence-electron chi connectivity index (χ0n) is 17.2. The van der Waals surface area contributed by atoms with Crippen molar-refractivity contribution in [3.05, 3.63) is 71.4 Å². The first-order chi connectivity index (χ1) is 15.5. The molecule has 0 aliphatic rings. The minimum absolute atomic E-state index is 0.0398. The molecule has 3 aromatic carbocycles.